The fraction of sp³-hybridized carbons (Fsp3) is 0.286. The van der Waals surface area contributed by atoms with Gasteiger partial charge < -0.3 is 5.32 Å². The first-order chi connectivity index (χ1) is 11.4. The molecule has 0 saturated carbocycles. The number of nitrogens with one attached hydrogen (secondary N) is 2. The van der Waals surface area contributed by atoms with Gasteiger partial charge in [0.25, 0.3) is 0 Å². The Balaban J connectivity index is 1.88. The van der Waals surface area contributed by atoms with Crippen LogP contribution in [0, 0.1) is 0 Å². The highest BCUT2D eigenvalue weighted by molar-refractivity contribution is 7.92. The van der Waals surface area contributed by atoms with Crippen molar-refractivity contribution in [2.75, 3.05) is 22.1 Å². The van der Waals surface area contributed by atoms with Crippen LogP contribution in [0.5, 0.6) is 0 Å². The number of aryl methyl sites for hydroxylation is 1. The number of anilines is 2. The summed E-state index contributed by atoms with van der Waals surface area (Å²) in [7, 11) is -3.89. The van der Waals surface area contributed by atoms with Gasteiger partial charge in [-0.3, -0.25) is 14.9 Å². The highest BCUT2D eigenvalue weighted by Gasteiger charge is 2.21. The predicted octanol–water partition coefficient (Wildman–Crippen LogP) is 1.09. The Morgan fingerprint density at radius 2 is 1.67 bits per heavy atom. The number of carbonyl (C=O) groups is 2. The number of hydrogen-bond donors (Lipinski definition) is 2. The second-order valence-corrected chi connectivity index (χ2v) is 7.98. The fourth-order valence-electron chi connectivity index (χ4n) is 1.77. The van der Waals surface area contributed by atoms with E-state index in [0.717, 1.165) is 5.01 Å². The van der Waals surface area contributed by atoms with E-state index >= 15 is 0 Å². The monoisotopic (exact) mass is 368 g/mol. The molecule has 0 atom stereocenters. The van der Waals surface area contributed by atoms with E-state index in [9.17, 15) is 18.0 Å². The molecule has 1 aromatic carbocycles. The van der Waals surface area contributed by atoms with Gasteiger partial charge in [-0.25, -0.2) is 8.42 Å². The summed E-state index contributed by atoms with van der Waals surface area (Å²) in [4.78, 5) is 23.6. The number of sulfone groups is 1. The Morgan fingerprint density at radius 1 is 1.04 bits per heavy atom. The van der Waals surface area contributed by atoms with E-state index in [-0.39, 0.29) is 5.13 Å². The van der Waals surface area contributed by atoms with E-state index in [1.165, 1.54) is 11.3 Å². The van der Waals surface area contributed by atoms with Gasteiger partial charge in [-0.1, -0.05) is 36.5 Å². The minimum Gasteiger partial charge on any atom is -0.325 e. The van der Waals surface area contributed by atoms with E-state index in [2.05, 4.69) is 20.8 Å². The molecule has 2 amide bonds. The van der Waals surface area contributed by atoms with Crippen LogP contribution < -0.4 is 10.6 Å². The zero-order valence-electron chi connectivity index (χ0n) is 12.9. The number of aromatic nitrogens is 2. The van der Waals surface area contributed by atoms with Crippen LogP contribution in [0.1, 0.15) is 11.9 Å². The number of hydrogen-bond acceptors (Lipinski definition) is 7. The maximum absolute atomic E-state index is 11.9. The summed E-state index contributed by atoms with van der Waals surface area (Å²) in [5.41, 5.74) is 0.489. The van der Waals surface area contributed by atoms with Crippen molar-refractivity contribution < 1.29 is 18.0 Å². The molecule has 1 aromatic heterocycles. The molecule has 1 heterocycles. The highest BCUT2D eigenvalue weighted by Crippen LogP contribution is 2.15. The number of carbonyl (C=O) groups excluding carboxylic acids is 2. The van der Waals surface area contributed by atoms with E-state index in [1.807, 2.05) is 6.92 Å². The average Bonchev–Trinajstić information content (AvgIpc) is 2.94. The molecule has 0 radical (unpaired) electrons. The summed E-state index contributed by atoms with van der Waals surface area (Å²) in [5.74, 6) is -3.01. The van der Waals surface area contributed by atoms with Gasteiger partial charge in [-0.15, -0.1) is 10.2 Å². The van der Waals surface area contributed by atoms with Gasteiger partial charge in [-0.05, 0) is 18.6 Å². The molecule has 0 fully saturated rings. The van der Waals surface area contributed by atoms with Gasteiger partial charge in [0, 0.05) is 5.69 Å². The third-order valence-corrected chi connectivity index (χ3v) is 5.16. The molecule has 0 aliphatic heterocycles. The van der Waals surface area contributed by atoms with Gasteiger partial charge in [-0.2, -0.15) is 0 Å². The van der Waals surface area contributed by atoms with Crippen LogP contribution in [0.3, 0.4) is 0 Å². The fourth-order valence-corrected chi connectivity index (χ4v) is 3.51. The lowest BCUT2D eigenvalue weighted by Gasteiger charge is -2.06. The largest absolute Gasteiger partial charge is 0.325 e. The highest BCUT2D eigenvalue weighted by atomic mass is 32.2. The molecule has 0 aliphatic carbocycles. The molecule has 0 unspecified atom stereocenters. The van der Waals surface area contributed by atoms with Crippen LogP contribution in [0.4, 0.5) is 10.8 Å². The lowest BCUT2D eigenvalue weighted by atomic mass is 10.3. The zero-order valence-corrected chi connectivity index (χ0v) is 14.5. The van der Waals surface area contributed by atoms with Gasteiger partial charge in [0.15, 0.2) is 9.84 Å². The standard InChI is InChI=1S/C14H16N4O4S2/c1-2-13-17-18-14(23-13)16-12(20)9-24(21,22)8-11(19)15-10-6-4-3-5-7-10/h3-7H,2,8-9H2,1H3,(H,15,19)(H,16,18,20). The zero-order chi connectivity index (χ0) is 17.6. The Morgan fingerprint density at radius 3 is 2.25 bits per heavy atom. The van der Waals surface area contributed by atoms with Gasteiger partial charge in [0.1, 0.15) is 16.5 Å². The first kappa shape index (κ1) is 18.0. The molecule has 2 rings (SSSR count). The minimum absolute atomic E-state index is 0.237. The maximum atomic E-state index is 11.9. The van der Waals surface area contributed by atoms with Gasteiger partial charge in [0.2, 0.25) is 16.9 Å². The second kappa shape index (κ2) is 7.97. The third-order valence-electron chi connectivity index (χ3n) is 2.78. The normalized spacial score (nSPS) is 11.0. The summed E-state index contributed by atoms with van der Waals surface area (Å²) in [6.45, 7) is 1.89. The summed E-state index contributed by atoms with van der Waals surface area (Å²) in [5, 5.41) is 13.4. The van der Waals surface area contributed by atoms with E-state index in [1.54, 1.807) is 30.3 Å². The van der Waals surface area contributed by atoms with Crippen molar-refractivity contribution in [3.05, 3.63) is 35.3 Å². The van der Waals surface area contributed by atoms with Crippen molar-refractivity contribution in [2.45, 2.75) is 13.3 Å². The maximum Gasteiger partial charge on any atom is 0.241 e. The summed E-state index contributed by atoms with van der Waals surface area (Å²) < 4.78 is 23.9. The number of rotatable bonds is 7. The Hall–Kier alpha value is -2.33. The molecule has 0 saturated heterocycles. The molecule has 2 N–H and O–H groups in total. The van der Waals surface area contributed by atoms with Gasteiger partial charge >= 0.3 is 0 Å². The number of para-hydroxylation sites is 1. The molecular weight excluding hydrogens is 352 g/mol. The molecule has 0 bridgehead atoms. The number of amides is 2. The predicted molar refractivity (Wildman–Crippen MR) is 91.6 cm³/mol. The Bertz CT molecular complexity index is 818. The molecule has 0 spiro atoms. The molecular formula is C14H16N4O4S2. The van der Waals surface area contributed by atoms with Crippen molar-refractivity contribution in [3.8, 4) is 0 Å². The molecule has 128 valence electrons. The Kier molecular flexibility index (Phi) is 5.99. The van der Waals surface area contributed by atoms with Crippen molar-refractivity contribution >= 4 is 43.8 Å². The molecule has 10 heteroatoms. The van der Waals surface area contributed by atoms with Gasteiger partial charge in [0.05, 0.1) is 0 Å². The Labute approximate surface area is 143 Å². The molecule has 24 heavy (non-hydrogen) atoms. The van der Waals surface area contributed by atoms with E-state index in [4.69, 9.17) is 0 Å². The lowest BCUT2D eigenvalue weighted by molar-refractivity contribution is -0.114. The molecule has 2 aromatic rings. The van der Waals surface area contributed by atoms with Crippen molar-refractivity contribution in [3.63, 3.8) is 0 Å². The van der Waals surface area contributed by atoms with E-state index < -0.39 is 33.2 Å². The summed E-state index contributed by atoms with van der Waals surface area (Å²) in [6, 6.07) is 8.47. The molecule has 0 aliphatic rings. The van der Waals surface area contributed by atoms with Crippen LogP contribution in [-0.2, 0) is 25.8 Å². The second-order valence-electron chi connectivity index (χ2n) is 4.85. The van der Waals surface area contributed by atoms with Crippen LogP contribution >= 0.6 is 11.3 Å². The smallest absolute Gasteiger partial charge is 0.241 e. The first-order valence-corrected chi connectivity index (χ1v) is 9.69. The number of benzene rings is 1. The summed E-state index contributed by atoms with van der Waals surface area (Å²) in [6.07, 6.45) is 0.672. The summed E-state index contributed by atoms with van der Waals surface area (Å²) >= 11 is 1.17. The third kappa shape index (κ3) is 5.70. The van der Waals surface area contributed by atoms with Crippen LogP contribution in [0.2, 0.25) is 0 Å². The number of nitrogens with zero attached hydrogens (tertiary/aromatic N) is 2. The average molecular weight is 368 g/mol. The van der Waals surface area contributed by atoms with Crippen LogP contribution in [0.15, 0.2) is 30.3 Å². The lowest BCUT2D eigenvalue weighted by Crippen LogP contribution is -2.30. The topological polar surface area (TPSA) is 118 Å². The van der Waals surface area contributed by atoms with Crippen molar-refractivity contribution in [1.82, 2.24) is 10.2 Å². The SMILES string of the molecule is CCc1nnc(NC(=O)CS(=O)(=O)CC(=O)Nc2ccccc2)s1. The minimum atomic E-state index is -3.89. The first-order valence-electron chi connectivity index (χ1n) is 7.05. The van der Waals surface area contributed by atoms with Crippen LogP contribution in [-0.4, -0.2) is 41.9 Å². The van der Waals surface area contributed by atoms with Crippen LogP contribution in [0.25, 0.3) is 0 Å². The van der Waals surface area contributed by atoms with E-state index in [0.29, 0.717) is 12.1 Å². The van der Waals surface area contributed by atoms with Crippen molar-refractivity contribution in [1.29, 1.82) is 0 Å². The van der Waals surface area contributed by atoms with Crippen molar-refractivity contribution in [2.24, 2.45) is 0 Å². The quantitative estimate of drug-likeness (QED) is 0.755. The molecule has 8 nitrogen and oxygen atoms in total.